The molecule has 7 heteroatoms. The number of carbonyl (C=O) groups excluding carboxylic acids is 2. The second kappa shape index (κ2) is 7.03. The van der Waals surface area contributed by atoms with Crippen molar-refractivity contribution < 1.29 is 18.7 Å². The number of thiocarbonyl (C=S) groups is 1. The predicted molar refractivity (Wildman–Crippen MR) is 95.1 cm³/mol. The molecule has 25 heavy (non-hydrogen) atoms. The van der Waals surface area contributed by atoms with Crippen LogP contribution in [0, 0.1) is 12.3 Å². The van der Waals surface area contributed by atoms with Crippen molar-refractivity contribution in [2.24, 2.45) is 0 Å². The molecule has 1 aromatic carbocycles. The van der Waals surface area contributed by atoms with Gasteiger partial charge in [0.15, 0.2) is 11.7 Å². The van der Waals surface area contributed by atoms with Crippen LogP contribution < -0.4 is 10.6 Å². The third-order valence-corrected chi connectivity index (χ3v) is 3.53. The SMILES string of the molecule is C#CCOC(=O)c1ccc(-c2ccc(/C=C3\NC(=S)NC3=O)o2)cc1. The first kappa shape index (κ1) is 16.5. The molecule has 1 saturated heterocycles. The molecule has 0 saturated carbocycles. The summed E-state index contributed by atoms with van der Waals surface area (Å²) in [4.78, 5) is 23.3. The molecule has 0 spiro atoms. The number of hydrogen-bond acceptors (Lipinski definition) is 5. The van der Waals surface area contributed by atoms with Crippen LogP contribution in [-0.4, -0.2) is 23.6 Å². The minimum absolute atomic E-state index is 0.0676. The van der Waals surface area contributed by atoms with Crippen molar-refractivity contribution >= 4 is 35.3 Å². The van der Waals surface area contributed by atoms with Crippen LogP contribution in [0.2, 0.25) is 0 Å². The lowest BCUT2D eigenvalue weighted by molar-refractivity contribution is -0.115. The van der Waals surface area contributed by atoms with Gasteiger partial charge in [0.25, 0.3) is 5.91 Å². The summed E-state index contributed by atoms with van der Waals surface area (Å²) in [5.41, 5.74) is 1.49. The molecule has 2 heterocycles. The van der Waals surface area contributed by atoms with Gasteiger partial charge >= 0.3 is 5.97 Å². The van der Waals surface area contributed by atoms with Crippen molar-refractivity contribution in [1.29, 1.82) is 0 Å². The molecule has 1 aliphatic heterocycles. The third-order valence-electron chi connectivity index (χ3n) is 3.32. The first-order valence-corrected chi connectivity index (χ1v) is 7.62. The van der Waals surface area contributed by atoms with Crippen LogP contribution >= 0.6 is 12.2 Å². The van der Waals surface area contributed by atoms with Crippen molar-refractivity contribution in [2.45, 2.75) is 0 Å². The molecular weight excluding hydrogens is 340 g/mol. The molecule has 1 fully saturated rings. The lowest BCUT2D eigenvalue weighted by Gasteiger charge is -2.02. The monoisotopic (exact) mass is 352 g/mol. The minimum Gasteiger partial charge on any atom is -0.457 e. The van der Waals surface area contributed by atoms with Gasteiger partial charge in [-0.05, 0) is 36.5 Å². The van der Waals surface area contributed by atoms with E-state index in [0.717, 1.165) is 5.56 Å². The Morgan fingerprint density at radius 1 is 1.24 bits per heavy atom. The lowest BCUT2D eigenvalue weighted by Crippen LogP contribution is -2.21. The Bertz CT molecular complexity index is 919. The highest BCUT2D eigenvalue weighted by Crippen LogP contribution is 2.24. The number of amides is 1. The Morgan fingerprint density at radius 2 is 2.00 bits per heavy atom. The quantitative estimate of drug-likeness (QED) is 0.380. The number of hydrogen-bond donors (Lipinski definition) is 2. The van der Waals surface area contributed by atoms with Gasteiger partial charge in [-0.3, -0.25) is 10.1 Å². The average Bonchev–Trinajstić information content (AvgIpc) is 3.19. The molecule has 0 atom stereocenters. The Kier molecular flexibility index (Phi) is 4.64. The summed E-state index contributed by atoms with van der Waals surface area (Å²) in [5, 5.41) is 5.48. The van der Waals surface area contributed by atoms with E-state index >= 15 is 0 Å². The van der Waals surface area contributed by atoms with Crippen LogP contribution in [0.1, 0.15) is 16.1 Å². The van der Waals surface area contributed by atoms with Crippen molar-refractivity contribution in [3.63, 3.8) is 0 Å². The first-order valence-electron chi connectivity index (χ1n) is 7.22. The van der Waals surface area contributed by atoms with Crippen molar-refractivity contribution in [3.05, 3.63) is 53.4 Å². The smallest absolute Gasteiger partial charge is 0.339 e. The summed E-state index contributed by atoms with van der Waals surface area (Å²) in [7, 11) is 0. The van der Waals surface area contributed by atoms with Gasteiger partial charge in [0, 0.05) is 11.6 Å². The van der Waals surface area contributed by atoms with E-state index in [9.17, 15) is 9.59 Å². The topological polar surface area (TPSA) is 80.6 Å². The van der Waals surface area contributed by atoms with Gasteiger partial charge < -0.3 is 14.5 Å². The van der Waals surface area contributed by atoms with Crippen LogP contribution in [-0.2, 0) is 9.53 Å². The Labute approximate surface area is 148 Å². The lowest BCUT2D eigenvalue weighted by atomic mass is 10.1. The Morgan fingerprint density at radius 3 is 2.64 bits per heavy atom. The summed E-state index contributed by atoms with van der Waals surface area (Å²) in [6.45, 7) is -0.0676. The molecule has 3 rings (SSSR count). The molecule has 0 radical (unpaired) electrons. The summed E-state index contributed by atoms with van der Waals surface area (Å²) in [5.74, 6) is 2.54. The Hall–Kier alpha value is -3.37. The van der Waals surface area contributed by atoms with Gasteiger partial charge in [-0.15, -0.1) is 6.42 Å². The van der Waals surface area contributed by atoms with E-state index in [1.807, 2.05) is 0 Å². The number of benzene rings is 1. The summed E-state index contributed by atoms with van der Waals surface area (Å²) < 4.78 is 10.6. The van der Waals surface area contributed by atoms with Crippen molar-refractivity contribution in [2.75, 3.05) is 6.61 Å². The predicted octanol–water partition coefficient (Wildman–Crippen LogP) is 2.08. The maximum Gasteiger partial charge on any atom is 0.339 e. The second-order valence-corrected chi connectivity index (χ2v) is 5.43. The number of furan rings is 1. The Balaban J connectivity index is 1.75. The fourth-order valence-electron chi connectivity index (χ4n) is 2.17. The van der Waals surface area contributed by atoms with Gasteiger partial charge in [-0.25, -0.2) is 4.79 Å². The molecule has 6 nitrogen and oxygen atoms in total. The minimum atomic E-state index is -0.483. The van der Waals surface area contributed by atoms with E-state index in [0.29, 0.717) is 22.8 Å². The van der Waals surface area contributed by atoms with Crippen LogP contribution in [0.15, 0.2) is 46.5 Å². The van der Waals surface area contributed by atoms with Crippen molar-refractivity contribution in [3.8, 4) is 23.7 Å². The number of terminal acetylenes is 1. The molecule has 0 unspecified atom stereocenters. The molecule has 0 aliphatic carbocycles. The highest BCUT2D eigenvalue weighted by Gasteiger charge is 2.20. The van der Waals surface area contributed by atoms with Gasteiger partial charge in [-0.1, -0.05) is 18.1 Å². The normalized spacial score (nSPS) is 14.8. The third kappa shape index (κ3) is 3.76. The van der Waals surface area contributed by atoms with E-state index < -0.39 is 5.97 Å². The maximum atomic E-state index is 11.7. The summed E-state index contributed by atoms with van der Waals surface area (Å²) in [6, 6.07) is 10.2. The molecule has 124 valence electrons. The number of ether oxygens (including phenoxy) is 1. The summed E-state index contributed by atoms with van der Waals surface area (Å²) >= 11 is 4.87. The molecule has 1 aliphatic rings. The highest BCUT2D eigenvalue weighted by atomic mass is 32.1. The molecule has 1 amide bonds. The largest absolute Gasteiger partial charge is 0.457 e. The zero-order valence-electron chi connectivity index (χ0n) is 12.9. The van der Waals surface area contributed by atoms with Gasteiger partial charge in [0.05, 0.1) is 5.56 Å². The molecular formula is C18H12N2O4S. The highest BCUT2D eigenvalue weighted by molar-refractivity contribution is 7.80. The number of rotatable bonds is 4. The van der Waals surface area contributed by atoms with E-state index in [1.165, 1.54) is 0 Å². The van der Waals surface area contributed by atoms with Crippen molar-refractivity contribution in [1.82, 2.24) is 10.6 Å². The zero-order chi connectivity index (χ0) is 17.8. The van der Waals surface area contributed by atoms with Gasteiger partial charge in [0.2, 0.25) is 0 Å². The maximum absolute atomic E-state index is 11.7. The van der Waals surface area contributed by atoms with E-state index in [1.54, 1.807) is 42.5 Å². The van der Waals surface area contributed by atoms with Gasteiger partial charge in [-0.2, -0.15) is 0 Å². The molecule has 0 bridgehead atoms. The molecule has 1 aromatic heterocycles. The van der Waals surface area contributed by atoms with Gasteiger partial charge in [0.1, 0.15) is 17.2 Å². The van der Waals surface area contributed by atoms with Crippen LogP contribution in [0.4, 0.5) is 0 Å². The molecule has 2 N–H and O–H groups in total. The second-order valence-electron chi connectivity index (χ2n) is 5.03. The zero-order valence-corrected chi connectivity index (χ0v) is 13.7. The standard InChI is InChI=1S/C18H12N2O4S/c1-2-9-23-17(22)12-5-3-11(4-6-12)15-8-7-13(24-15)10-14-16(21)20-18(25)19-14/h1,3-8,10H,9H2,(H2,19,20,21,25)/b14-10-. The number of esters is 1. The van der Waals surface area contributed by atoms with Crippen LogP contribution in [0.25, 0.3) is 17.4 Å². The van der Waals surface area contributed by atoms with E-state index in [4.69, 9.17) is 27.8 Å². The average molecular weight is 352 g/mol. The molecule has 2 aromatic rings. The number of carbonyl (C=O) groups is 2. The van der Waals surface area contributed by atoms with E-state index in [2.05, 4.69) is 16.6 Å². The van der Waals surface area contributed by atoms with Crippen LogP contribution in [0.3, 0.4) is 0 Å². The first-order chi connectivity index (χ1) is 12.1. The van der Waals surface area contributed by atoms with E-state index in [-0.39, 0.29) is 17.6 Å². The number of nitrogens with one attached hydrogen (secondary N) is 2. The van der Waals surface area contributed by atoms with Crippen LogP contribution in [0.5, 0.6) is 0 Å². The fourth-order valence-corrected chi connectivity index (χ4v) is 2.37. The fraction of sp³-hybridized carbons (Fsp3) is 0.0556. The summed E-state index contributed by atoms with van der Waals surface area (Å²) in [6.07, 6.45) is 6.61.